The molecule has 1 aliphatic heterocycles. The van der Waals surface area contributed by atoms with Crippen LogP contribution in [0.4, 0.5) is 13.2 Å². The topological polar surface area (TPSA) is 9.23 Å². The maximum absolute atomic E-state index is 11.8. The molecule has 1 unspecified atom stereocenters. The lowest BCUT2D eigenvalue weighted by molar-refractivity contribution is -0.232. The van der Waals surface area contributed by atoms with Crippen molar-refractivity contribution in [3.8, 4) is 0 Å². The van der Waals surface area contributed by atoms with E-state index in [0.717, 1.165) is 0 Å². The second-order valence-corrected chi connectivity index (χ2v) is 1.67. The Labute approximate surface area is 55.2 Å². The normalized spacial score (nSPS) is 31.7. The highest BCUT2D eigenvalue weighted by molar-refractivity contribution is 5.75. The molecule has 9 heavy (non-hydrogen) atoms. The van der Waals surface area contributed by atoms with Crippen molar-refractivity contribution >= 4 is 11.0 Å². The number of hydrogen-bond donors (Lipinski definition) is 0. The first kappa shape index (κ1) is 8.97. The molecular weight excluding hydrogens is 149 g/mol. The van der Waals surface area contributed by atoms with Gasteiger partial charge < -0.3 is 4.74 Å². The Hall–Kier alpha value is -0.0331. The van der Waals surface area contributed by atoms with E-state index in [1.54, 1.807) is 0 Å². The Morgan fingerprint density at radius 3 is 2.11 bits per heavy atom. The van der Waals surface area contributed by atoms with Crippen LogP contribution in [-0.4, -0.2) is 29.9 Å². The van der Waals surface area contributed by atoms with Gasteiger partial charge in [0.1, 0.15) is 0 Å². The van der Waals surface area contributed by atoms with Crippen LogP contribution in [0.2, 0.25) is 0 Å². The molecule has 1 rings (SSSR count). The molecule has 0 spiro atoms. The van der Waals surface area contributed by atoms with Gasteiger partial charge in [0.2, 0.25) is 0 Å². The summed E-state index contributed by atoms with van der Waals surface area (Å²) in [7, 11) is 0. The van der Waals surface area contributed by atoms with Gasteiger partial charge in [-0.15, -0.1) is 0 Å². The van der Waals surface area contributed by atoms with Crippen molar-refractivity contribution in [2.75, 3.05) is 6.61 Å². The SMILES string of the molecule is FC1CCOC1(F)F.[SiH4]. The lowest BCUT2D eigenvalue weighted by Crippen LogP contribution is -2.24. The van der Waals surface area contributed by atoms with Crippen LogP contribution < -0.4 is 0 Å². The fraction of sp³-hybridized carbons (Fsp3) is 1.00. The first-order valence-corrected chi connectivity index (χ1v) is 2.29. The Bertz CT molecular complexity index is 97.8. The average molecular weight is 158 g/mol. The lowest BCUT2D eigenvalue weighted by Gasteiger charge is -2.07. The van der Waals surface area contributed by atoms with Crippen molar-refractivity contribution in [1.82, 2.24) is 0 Å². The van der Waals surface area contributed by atoms with Gasteiger partial charge in [0, 0.05) is 6.42 Å². The Morgan fingerprint density at radius 2 is 2.00 bits per heavy atom. The quantitative estimate of drug-likeness (QED) is 0.447. The Morgan fingerprint density at radius 1 is 1.44 bits per heavy atom. The fourth-order valence-electron chi connectivity index (χ4n) is 0.557. The monoisotopic (exact) mass is 158 g/mol. The zero-order valence-electron chi connectivity index (χ0n) is 4.03. The van der Waals surface area contributed by atoms with Gasteiger partial charge >= 0.3 is 6.11 Å². The van der Waals surface area contributed by atoms with Gasteiger partial charge in [-0.2, -0.15) is 8.78 Å². The van der Waals surface area contributed by atoms with E-state index < -0.39 is 12.3 Å². The Balaban J connectivity index is 0.000000640. The van der Waals surface area contributed by atoms with E-state index in [4.69, 9.17) is 0 Å². The summed E-state index contributed by atoms with van der Waals surface area (Å²) in [5.74, 6) is 0. The number of halogens is 3. The minimum Gasteiger partial charge on any atom is -0.318 e. The minimum absolute atomic E-state index is 0. The largest absolute Gasteiger partial charge is 0.386 e. The third-order valence-electron chi connectivity index (χ3n) is 1.03. The van der Waals surface area contributed by atoms with Crippen molar-refractivity contribution in [2.45, 2.75) is 18.7 Å². The molecule has 5 heteroatoms. The number of hydrogen-bond acceptors (Lipinski definition) is 1. The van der Waals surface area contributed by atoms with Crippen LogP contribution in [0.1, 0.15) is 6.42 Å². The lowest BCUT2D eigenvalue weighted by atomic mass is 10.3. The molecule has 1 aliphatic rings. The summed E-state index contributed by atoms with van der Waals surface area (Å²) < 4.78 is 39.1. The second kappa shape index (κ2) is 2.70. The van der Waals surface area contributed by atoms with Crippen LogP contribution in [0.25, 0.3) is 0 Å². The summed E-state index contributed by atoms with van der Waals surface area (Å²) in [5, 5.41) is 0. The smallest absolute Gasteiger partial charge is 0.318 e. The first-order valence-electron chi connectivity index (χ1n) is 2.29. The predicted molar refractivity (Wildman–Crippen MR) is 31.7 cm³/mol. The maximum Gasteiger partial charge on any atom is 0.386 e. The molecule has 1 nitrogen and oxygen atoms in total. The maximum atomic E-state index is 11.8. The highest BCUT2D eigenvalue weighted by Crippen LogP contribution is 2.31. The highest BCUT2D eigenvalue weighted by Gasteiger charge is 2.46. The molecule has 0 radical (unpaired) electrons. The molecule has 1 saturated heterocycles. The number of rotatable bonds is 0. The second-order valence-electron chi connectivity index (χ2n) is 1.67. The zero-order valence-corrected chi connectivity index (χ0v) is 4.03. The van der Waals surface area contributed by atoms with Gasteiger partial charge in [0.25, 0.3) is 0 Å². The van der Waals surface area contributed by atoms with E-state index in [2.05, 4.69) is 4.74 Å². The summed E-state index contributed by atoms with van der Waals surface area (Å²) in [5.41, 5.74) is 0. The van der Waals surface area contributed by atoms with Crippen LogP contribution >= 0.6 is 0 Å². The summed E-state index contributed by atoms with van der Waals surface area (Å²) in [4.78, 5) is 0. The molecule has 1 heterocycles. The third kappa shape index (κ3) is 1.69. The summed E-state index contributed by atoms with van der Waals surface area (Å²) >= 11 is 0. The zero-order chi connectivity index (χ0) is 6.20. The molecule has 0 saturated carbocycles. The molecule has 56 valence electrons. The van der Waals surface area contributed by atoms with Crippen LogP contribution in [0, 0.1) is 0 Å². The van der Waals surface area contributed by atoms with Gasteiger partial charge in [-0.3, -0.25) is 0 Å². The molecule has 0 N–H and O–H groups in total. The average Bonchev–Trinajstić information content (AvgIpc) is 1.86. The molecule has 0 aromatic carbocycles. The fourth-order valence-corrected chi connectivity index (χ4v) is 0.557. The molecule has 0 bridgehead atoms. The number of alkyl halides is 3. The van der Waals surface area contributed by atoms with Crippen molar-refractivity contribution < 1.29 is 17.9 Å². The summed E-state index contributed by atoms with van der Waals surface area (Å²) in [6, 6.07) is 0. The molecule has 1 atom stereocenters. The van der Waals surface area contributed by atoms with Crippen LogP contribution in [0.3, 0.4) is 0 Å². The van der Waals surface area contributed by atoms with E-state index >= 15 is 0 Å². The van der Waals surface area contributed by atoms with E-state index in [9.17, 15) is 13.2 Å². The van der Waals surface area contributed by atoms with Crippen LogP contribution in [0.5, 0.6) is 0 Å². The van der Waals surface area contributed by atoms with E-state index in [0.29, 0.717) is 0 Å². The summed E-state index contributed by atoms with van der Waals surface area (Å²) in [6.45, 7) is -0.172. The van der Waals surface area contributed by atoms with E-state index in [-0.39, 0.29) is 24.0 Å². The van der Waals surface area contributed by atoms with Crippen molar-refractivity contribution in [2.24, 2.45) is 0 Å². The van der Waals surface area contributed by atoms with E-state index in [1.807, 2.05) is 0 Å². The van der Waals surface area contributed by atoms with Gasteiger partial charge in [0.15, 0.2) is 6.17 Å². The minimum atomic E-state index is -3.51. The molecule has 1 fully saturated rings. The van der Waals surface area contributed by atoms with Gasteiger partial charge in [-0.05, 0) is 11.0 Å². The Kier molecular flexibility index (Phi) is 2.69. The van der Waals surface area contributed by atoms with Crippen molar-refractivity contribution in [1.29, 1.82) is 0 Å². The summed E-state index contributed by atoms with van der Waals surface area (Å²) in [6.07, 6.45) is -5.80. The van der Waals surface area contributed by atoms with E-state index in [1.165, 1.54) is 0 Å². The first-order chi connectivity index (χ1) is 3.63. The molecule has 0 aliphatic carbocycles. The van der Waals surface area contributed by atoms with Gasteiger partial charge in [-0.25, -0.2) is 4.39 Å². The van der Waals surface area contributed by atoms with Crippen LogP contribution in [0.15, 0.2) is 0 Å². The van der Waals surface area contributed by atoms with Crippen molar-refractivity contribution in [3.63, 3.8) is 0 Å². The van der Waals surface area contributed by atoms with Gasteiger partial charge in [0.05, 0.1) is 6.61 Å². The molecule has 0 aromatic heterocycles. The predicted octanol–water partition coefficient (Wildman–Crippen LogP) is -0.114. The highest BCUT2D eigenvalue weighted by atomic mass is 28.1. The molecular formula is C4H9F3OSi. The van der Waals surface area contributed by atoms with Crippen LogP contribution in [-0.2, 0) is 4.74 Å². The number of ether oxygens (including phenoxy) is 1. The third-order valence-corrected chi connectivity index (χ3v) is 1.03. The molecule has 0 amide bonds. The standard InChI is InChI=1S/C4H5F3O.H4Si/c5-3-1-2-8-4(3,6)7;/h3H,1-2H2;1H4. The molecule has 0 aromatic rings. The van der Waals surface area contributed by atoms with Gasteiger partial charge in [-0.1, -0.05) is 0 Å². The van der Waals surface area contributed by atoms with Crippen molar-refractivity contribution in [3.05, 3.63) is 0 Å².